The van der Waals surface area contributed by atoms with Gasteiger partial charge in [-0.05, 0) is 41.8 Å². The molecule has 1 saturated carbocycles. The Morgan fingerprint density at radius 1 is 1.64 bits per heavy atom. The van der Waals surface area contributed by atoms with Crippen molar-refractivity contribution in [1.29, 1.82) is 0 Å². The van der Waals surface area contributed by atoms with Gasteiger partial charge in [0, 0.05) is 18.6 Å². The number of rotatable bonds is 5. The molecule has 78 valence electrons. The number of likely N-dealkylation sites (N-methyl/N-ethyl adjacent to an activating group) is 1. The van der Waals surface area contributed by atoms with Gasteiger partial charge in [-0.1, -0.05) is 6.92 Å². The van der Waals surface area contributed by atoms with Gasteiger partial charge < -0.3 is 5.73 Å². The number of thiophene rings is 1. The highest BCUT2D eigenvalue weighted by Gasteiger charge is 2.32. The maximum Gasteiger partial charge on any atom is 0.0481 e. The van der Waals surface area contributed by atoms with Gasteiger partial charge in [-0.15, -0.1) is 0 Å². The third-order valence-corrected chi connectivity index (χ3v) is 3.63. The summed E-state index contributed by atoms with van der Waals surface area (Å²) in [4.78, 5) is 2.54. The van der Waals surface area contributed by atoms with Gasteiger partial charge in [-0.3, -0.25) is 4.90 Å². The zero-order valence-corrected chi connectivity index (χ0v) is 9.46. The van der Waals surface area contributed by atoms with E-state index in [0.29, 0.717) is 6.04 Å². The molecule has 2 rings (SSSR count). The maximum atomic E-state index is 5.87. The molecule has 1 aliphatic carbocycles. The van der Waals surface area contributed by atoms with Gasteiger partial charge in [-0.25, -0.2) is 0 Å². The van der Waals surface area contributed by atoms with Crippen LogP contribution in [0.4, 0.5) is 0 Å². The first-order chi connectivity index (χ1) is 6.86. The summed E-state index contributed by atoms with van der Waals surface area (Å²) in [7, 11) is 0. The Bertz CT molecular complexity index is 267. The number of hydrogen-bond acceptors (Lipinski definition) is 3. The zero-order valence-electron chi connectivity index (χ0n) is 8.65. The summed E-state index contributed by atoms with van der Waals surface area (Å²) in [5.41, 5.74) is 7.26. The lowest BCUT2D eigenvalue weighted by atomic mass is 10.1. The van der Waals surface area contributed by atoms with Crippen molar-refractivity contribution in [1.82, 2.24) is 4.90 Å². The summed E-state index contributed by atoms with van der Waals surface area (Å²) < 4.78 is 0. The molecule has 0 aliphatic heterocycles. The second-order valence-corrected chi connectivity index (χ2v) is 4.65. The molecule has 3 heteroatoms. The SMILES string of the molecule is CCN(C1CC1)C(CN)c1ccsc1. The fourth-order valence-corrected chi connectivity index (χ4v) is 2.77. The van der Waals surface area contributed by atoms with Crippen molar-refractivity contribution < 1.29 is 0 Å². The third-order valence-electron chi connectivity index (χ3n) is 2.93. The van der Waals surface area contributed by atoms with E-state index in [4.69, 9.17) is 5.73 Å². The smallest absolute Gasteiger partial charge is 0.0481 e. The van der Waals surface area contributed by atoms with Crippen molar-refractivity contribution in [3.63, 3.8) is 0 Å². The Labute approximate surface area is 89.7 Å². The normalized spacial score (nSPS) is 18.8. The number of hydrogen-bond donors (Lipinski definition) is 1. The van der Waals surface area contributed by atoms with Gasteiger partial charge in [0.25, 0.3) is 0 Å². The molecule has 0 radical (unpaired) electrons. The molecule has 1 aromatic heterocycles. The zero-order chi connectivity index (χ0) is 9.97. The van der Waals surface area contributed by atoms with E-state index in [9.17, 15) is 0 Å². The summed E-state index contributed by atoms with van der Waals surface area (Å²) in [6, 6.07) is 3.44. The van der Waals surface area contributed by atoms with Crippen molar-refractivity contribution in [2.24, 2.45) is 5.73 Å². The lowest BCUT2D eigenvalue weighted by Crippen LogP contribution is -2.35. The molecule has 1 unspecified atom stereocenters. The van der Waals surface area contributed by atoms with Crippen LogP contribution in [0.3, 0.4) is 0 Å². The molecule has 0 bridgehead atoms. The molecule has 2 N–H and O–H groups in total. The van der Waals surface area contributed by atoms with Crippen LogP contribution in [0.1, 0.15) is 31.4 Å². The molecule has 0 saturated heterocycles. The second kappa shape index (κ2) is 4.43. The van der Waals surface area contributed by atoms with Crippen LogP contribution >= 0.6 is 11.3 Å². The Hall–Kier alpha value is -0.380. The fourth-order valence-electron chi connectivity index (χ4n) is 2.07. The van der Waals surface area contributed by atoms with E-state index < -0.39 is 0 Å². The molecule has 2 nitrogen and oxygen atoms in total. The highest BCUT2D eigenvalue weighted by Crippen LogP contribution is 2.34. The van der Waals surface area contributed by atoms with Crippen molar-refractivity contribution in [2.45, 2.75) is 31.8 Å². The Morgan fingerprint density at radius 3 is 2.86 bits per heavy atom. The van der Waals surface area contributed by atoms with Crippen LogP contribution in [-0.2, 0) is 0 Å². The van der Waals surface area contributed by atoms with E-state index in [-0.39, 0.29) is 0 Å². The topological polar surface area (TPSA) is 29.3 Å². The lowest BCUT2D eigenvalue weighted by molar-refractivity contribution is 0.202. The molecule has 14 heavy (non-hydrogen) atoms. The first-order valence-electron chi connectivity index (χ1n) is 5.34. The van der Waals surface area contributed by atoms with E-state index in [2.05, 4.69) is 28.7 Å². The van der Waals surface area contributed by atoms with Crippen molar-refractivity contribution in [2.75, 3.05) is 13.1 Å². The second-order valence-electron chi connectivity index (χ2n) is 3.87. The largest absolute Gasteiger partial charge is 0.329 e. The molecule has 0 spiro atoms. The lowest BCUT2D eigenvalue weighted by Gasteiger charge is -2.29. The van der Waals surface area contributed by atoms with Crippen LogP contribution in [0, 0.1) is 0 Å². The summed E-state index contributed by atoms with van der Waals surface area (Å²) in [5, 5.41) is 4.36. The monoisotopic (exact) mass is 210 g/mol. The highest BCUT2D eigenvalue weighted by atomic mass is 32.1. The Kier molecular flexibility index (Phi) is 3.21. The molecular formula is C11H18N2S. The summed E-state index contributed by atoms with van der Waals surface area (Å²) in [6.45, 7) is 4.08. The van der Waals surface area contributed by atoms with Crippen LogP contribution in [-0.4, -0.2) is 24.0 Å². The van der Waals surface area contributed by atoms with Crippen molar-refractivity contribution in [3.05, 3.63) is 22.4 Å². The molecule has 1 heterocycles. The first-order valence-corrected chi connectivity index (χ1v) is 6.29. The third kappa shape index (κ3) is 2.00. The summed E-state index contributed by atoms with van der Waals surface area (Å²) in [5.74, 6) is 0. The molecule has 0 aromatic carbocycles. The summed E-state index contributed by atoms with van der Waals surface area (Å²) >= 11 is 1.76. The molecule has 1 atom stereocenters. The van der Waals surface area contributed by atoms with Gasteiger partial charge in [0.2, 0.25) is 0 Å². The minimum absolute atomic E-state index is 0.443. The molecule has 1 aromatic rings. The maximum absolute atomic E-state index is 5.87. The average Bonchev–Trinajstić information content (AvgIpc) is 2.90. The highest BCUT2D eigenvalue weighted by molar-refractivity contribution is 7.07. The quantitative estimate of drug-likeness (QED) is 0.807. The van der Waals surface area contributed by atoms with E-state index >= 15 is 0 Å². The molecule has 0 amide bonds. The van der Waals surface area contributed by atoms with E-state index in [1.807, 2.05) is 0 Å². The van der Waals surface area contributed by atoms with Crippen LogP contribution in [0.5, 0.6) is 0 Å². The van der Waals surface area contributed by atoms with E-state index in [1.54, 1.807) is 11.3 Å². The summed E-state index contributed by atoms with van der Waals surface area (Å²) in [6.07, 6.45) is 2.71. The van der Waals surface area contributed by atoms with Gasteiger partial charge in [0.1, 0.15) is 0 Å². The predicted octanol–water partition coefficient (Wildman–Crippen LogP) is 2.23. The molecule has 1 fully saturated rings. The van der Waals surface area contributed by atoms with Crippen LogP contribution in [0.15, 0.2) is 16.8 Å². The Morgan fingerprint density at radius 2 is 2.43 bits per heavy atom. The van der Waals surface area contributed by atoms with Crippen molar-refractivity contribution >= 4 is 11.3 Å². The standard InChI is InChI=1S/C11H18N2S/c1-2-13(10-3-4-10)11(7-12)9-5-6-14-8-9/h5-6,8,10-11H,2-4,7,12H2,1H3. The fraction of sp³-hybridized carbons (Fsp3) is 0.636. The van der Waals surface area contributed by atoms with Gasteiger partial charge in [0.15, 0.2) is 0 Å². The van der Waals surface area contributed by atoms with Crippen LogP contribution in [0.2, 0.25) is 0 Å². The van der Waals surface area contributed by atoms with Gasteiger partial charge in [-0.2, -0.15) is 11.3 Å². The minimum atomic E-state index is 0.443. The van der Waals surface area contributed by atoms with Crippen molar-refractivity contribution in [3.8, 4) is 0 Å². The molecule has 1 aliphatic rings. The minimum Gasteiger partial charge on any atom is -0.329 e. The number of nitrogens with two attached hydrogens (primary N) is 1. The first kappa shape index (κ1) is 10.1. The molecular weight excluding hydrogens is 192 g/mol. The van der Waals surface area contributed by atoms with E-state index in [0.717, 1.165) is 19.1 Å². The van der Waals surface area contributed by atoms with Crippen LogP contribution < -0.4 is 5.73 Å². The average molecular weight is 210 g/mol. The Balaban J connectivity index is 2.10. The van der Waals surface area contributed by atoms with Gasteiger partial charge >= 0.3 is 0 Å². The van der Waals surface area contributed by atoms with Crippen LogP contribution in [0.25, 0.3) is 0 Å². The predicted molar refractivity (Wildman–Crippen MR) is 61.5 cm³/mol. The van der Waals surface area contributed by atoms with E-state index in [1.165, 1.54) is 18.4 Å². The van der Waals surface area contributed by atoms with Gasteiger partial charge in [0.05, 0.1) is 0 Å². The number of nitrogens with zero attached hydrogens (tertiary/aromatic N) is 1.